The van der Waals surface area contributed by atoms with E-state index in [9.17, 15) is 0 Å². The fraction of sp³-hybridized carbons (Fsp3) is 0. The second-order valence-electron chi connectivity index (χ2n) is 3.63. The second kappa shape index (κ2) is 5.57. The van der Waals surface area contributed by atoms with E-state index >= 15 is 0 Å². The average Bonchev–Trinajstić information content (AvgIpc) is 2.89. The maximum atomic E-state index is 6.21. The second-order valence-corrected chi connectivity index (χ2v) is 6.12. The zero-order valence-corrected chi connectivity index (χ0v) is 14.0. The number of halogens is 4. The van der Waals surface area contributed by atoms with Crippen molar-refractivity contribution in [3.05, 3.63) is 32.1 Å². The molecule has 1 aliphatic heterocycles. The summed E-state index contributed by atoms with van der Waals surface area (Å²) in [5.74, 6) is 0.475. The predicted molar refractivity (Wildman–Crippen MR) is 86.0 cm³/mol. The van der Waals surface area contributed by atoms with Crippen LogP contribution in [0.1, 0.15) is 0 Å². The van der Waals surface area contributed by atoms with Crippen LogP contribution in [0.5, 0.6) is 0 Å². The third kappa shape index (κ3) is 2.44. The number of nitrogens with zero attached hydrogens (tertiary/aromatic N) is 4. The predicted octanol–water partition coefficient (Wildman–Crippen LogP) is 5.67. The van der Waals surface area contributed by atoms with E-state index in [1.165, 1.54) is 6.33 Å². The van der Waals surface area contributed by atoms with Gasteiger partial charge >= 0.3 is 0 Å². The summed E-state index contributed by atoms with van der Waals surface area (Å²) >= 11 is 22.6. The minimum Gasteiger partial charge on any atom is -0.336 e. The first-order valence-electron chi connectivity index (χ1n) is 5.11. The summed E-state index contributed by atoms with van der Waals surface area (Å²) in [6.45, 7) is 0. The maximum absolute atomic E-state index is 6.21. The van der Waals surface area contributed by atoms with Gasteiger partial charge in [-0.1, -0.05) is 34.8 Å². The van der Waals surface area contributed by atoms with Gasteiger partial charge in [0.05, 0.1) is 31.6 Å². The van der Waals surface area contributed by atoms with Gasteiger partial charge in [-0.2, -0.15) is 8.73 Å². The molecule has 3 rings (SSSR count). The molecule has 1 aromatic carbocycles. The monoisotopic (exact) mass is 409 g/mol. The van der Waals surface area contributed by atoms with Gasteiger partial charge in [-0.3, -0.25) is 0 Å². The molecule has 20 heavy (non-hydrogen) atoms. The molecule has 0 saturated carbocycles. The first kappa shape index (κ1) is 14.2. The van der Waals surface area contributed by atoms with Crippen molar-refractivity contribution in [2.75, 3.05) is 5.32 Å². The van der Waals surface area contributed by atoms with Gasteiger partial charge < -0.3 is 5.32 Å². The summed E-state index contributed by atoms with van der Waals surface area (Å²) in [5, 5.41) is 4.22. The molecule has 0 aliphatic carbocycles. The van der Waals surface area contributed by atoms with E-state index in [1.54, 1.807) is 6.07 Å². The van der Waals surface area contributed by atoms with Crippen LogP contribution in [-0.2, 0) is 11.4 Å². The highest BCUT2D eigenvalue weighted by atomic mass is 79.9. The molecular weight excluding hydrogens is 408 g/mol. The van der Waals surface area contributed by atoms with Crippen LogP contribution in [0.25, 0.3) is 0 Å². The summed E-state index contributed by atoms with van der Waals surface area (Å²) in [6.07, 6.45) is 1.34. The van der Waals surface area contributed by atoms with E-state index in [1.807, 2.05) is 0 Å². The summed E-state index contributed by atoms with van der Waals surface area (Å²) < 4.78 is 8.86. The fourth-order valence-electron chi connectivity index (χ4n) is 1.55. The van der Waals surface area contributed by atoms with Gasteiger partial charge in [0.1, 0.15) is 28.7 Å². The number of fused-ring (bicyclic) bond motifs is 1. The van der Waals surface area contributed by atoms with Crippen LogP contribution in [0.15, 0.2) is 25.6 Å². The molecule has 0 amide bonds. The Kier molecular flexibility index (Phi) is 3.96. The Hall–Kier alpha value is -0.730. The molecule has 2 aromatic rings. The highest BCUT2D eigenvalue weighted by Crippen LogP contribution is 2.48. The first-order chi connectivity index (χ1) is 9.58. The number of anilines is 2. The Bertz CT molecular complexity index is 791. The summed E-state index contributed by atoms with van der Waals surface area (Å²) in [6, 6.07) is 1.60. The van der Waals surface area contributed by atoms with Gasteiger partial charge in [0.15, 0.2) is 0 Å². The molecule has 0 saturated heterocycles. The summed E-state index contributed by atoms with van der Waals surface area (Å²) in [7, 11) is 0. The number of benzene rings is 1. The molecule has 0 bridgehead atoms. The lowest BCUT2D eigenvalue weighted by Gasteiger charge is -2.12. The highest BCUT2D eigenvalue weighted by Gasteiger charge is 2.20. The van der Waals surface area contributed by atoms with Crippen molar-refractivity contribution in [2.45, 2.75) is 0 Å². The van der Waals surface area contributed by atoms with Crippen LogP contribution in [0.3, 0.4) is 0 Å². The molecule has 102 valence electrons. The zero-order chi connectivity index (χ0) is 14.3. The third-order valence-electron chi connectivity index (χ3n) is 2.43. The topological polar surface area (TPSA) is 62.5 Å². The van der Waals surface area contributed by atoms with Crippen LogP contribution in [0.2, 0.25) is 15.2 Å². The van der Waals surface area contributed by atoms with Crippen molar-refractivity contribution in [1.29, 1.82) is 0 Å². The third-order valence-corrected chi connectivity index (χ3v) is 4.81. The number of nitrogens with one attached hydrogen (secondary N) is 1. The molecule has 0 fully saturated rings. The lowest BCUT2D eigenvalue weighted by atomic mass is 10.2. The molecule has 1 aromatic heterocycles. The highest BCUT2D eigenvalue weighted by molar-refractivity contribution is 9.10. The molecule has 0 radical (unpaired) electrons. The van der Waals surface area contributed by atoms with Gasteiger partial charge in [-0.05, 0) is 22.0 Å². The van der Waals surface area contributed by atoms with E-state index in [0.717, 1.165) is 11.4 Å². The average molecular weight is 411 g/mol. The van der Waals surface area contributed by atoms with Crippen molar-refractivity contribution in [2.24, 2.45) is 8.73 Å². The molecule has 0 spiro atoms. The van der Waals surface area contributed by atoms with Crippen LogP contribution in [0.4, 0.5) is 22.9 Å². The molecule has 0 unspecified atom stereocenters. The van der Waals surface area contributed by atoms with Gasteiger partial charge in [0.2, 0.25) is 0 Å². The van der Waals surface area contributed by atoms with Crippen LogP contribution in [-0.4, -0.2) is 9.97 Å². The first-order valence-corrected chi connectivity index (χ1v) is 7.77. The molecule has 0 atom stereocenters. The SMILES string of the molecule is Clc1cc(Cl)c(Nc2ncnc(Cl)c2Br)c2c1N=S=N2. The molecule has 5 nitrogen and oxygen atoms in total. The van der Waals surface area contributed by atoms with E-state index in [-0.39, 0.29) is 0 Å². The van der Waals surface area contributed by atoms with Crippen molar-refractivity contribution >= 4 is 85.0 Å². The molecule has 1 N–H and O–H groups in total. The summed E-state index contributed by atoms with van der Waals surface area (Å²) in [5.41, 5.74) is 1.73. The Morgan fingerprint density at radius 2 is 1.80 bits per heavy atom. The minimum absolute atomic E-state index is 0.292. The Balaban J connectivity index is 2.11. The zero-order valence-electron chi connectivity index (χ0n) is 9.36. The number of rotatable bonds is 2. The Labute approximate surface area is 140 Å². The largest absolute Gasteiger partial charge is 0.336 e. The number of aromatic nitrogens is 2. The van der Waals surface area contributed by atoms with Gasteiger partial charge in [-0.15, -0.1) is 0 Å². The quantitative estimate of drug-likeness (QED) is 0.553. The smallest absolute Gasteiger partial charge is 0.149 e. The van der Waals surface area contributed by atoms with Crippen LogP contribution < -0.4 is 5.32 Å². The lowest BCUT2D eigenvalue weighted by molar-refractivity contribution is 1.15. The maximum Gasteiger partial charge on any atom is 0.149 e. The van der Waals surface area contributed by atoms with Crippen molar-refractivity contribution < 1.29 is 0 Å². The normalized spacial score (nSPS) is 12.2. The van der Waals surface area contributed by atoms with E-state index < -0.39 is 0 Å². The van der Waals surface area contributed by atoms with E-state index in [4.69, 9.17) is 34.8 Å². The molecule has 1 aliphatic rings. The van der Waals surface area contributed by atoms with Crippen molar-refractivity contribution in [1.82, 2.24) is 9.97 Å². The fourth-order valence-corrected chi connectivity index (χ4v) is 3.14. The van der Waals surface area contributed by atoms with Crippen LogP contribution >= 0.6 is 50.7 Å². The van der Waals surface area contributed by atoms with Crippen molar-refractivity contribution in [3.8, 4) is 0 Å². The van der Waals surface area contributed by atoms with Gasteiger partial charge in [0, 0.05) is 0 Å². The molecular formula is C10H3BrCl3N5S. The van der Waals surface area contributed by atoms with E-state index in [2.05, 4.69) is 39.9 Å². The Morgan fingerprint density at radius 1 is 1.05 bits per heavy atom. The van der Waals surface area contributed by atoms with Crippen molar-refractivity contribution in [3.63, 3.8) is 0 Å². The minimum atomic E-state index is 0.292. The van der Waals surface area contributed by atoms with Gasteiger partial charge in [0.25, 0.3) is 0 Å². The standard InChI is InChI=1S/C10H3BrCl3N5S/c11-5-9(14)15-2-16-10(5)17-6-3(12)1-4(13)7-8(6)19-20-18-7/h1-2H,(H,15,16,17). The lowest BCUT2D eigenvalue weighted by Crippen LogP contribution is -1.97. The Morgan fingerprint density at radius 3 is 2.60 bits per heavy atom. The van der Waals surface area contributed by atoms with Crippen LogP contribution in [0, 0.1) is 0 Å². The molecule has 10 heteroatoms. The van der Waals surface area contributed by atoms with E-state index in [0.29, 0.717) is 42.6 Å². The molecule has 2 heterocycles. The number of hydrogen-bond acceptors (Lipinski definition) is 5. The number of hydrogen-bond donors (Lipinski definition) is 1. The van der Waals surface area contributed by atoms with Gasteiger partial charge in [-0.25, -0.2) is 9.97 Å². The summed E-state index contributed by atoms with van der Waals surface area (Å²) in [4.78, 5) is 7.96.